The van der Waals surface area contributed by atoms with Gasteiger partial charge in [-0.3, -0.25) is 4.79 Å². The molecule has 6 heteroatoms. The van der Waals surface area contributed by atoms with Gasteiger partial charge in [0, 0.05) is 23.9 Å². The number of rotatable bonds is 2. The van der Waals surface area contributed by atoms with Gasteiger partial charge in [-0.25, -0.2) is 0 Å². The fourth-order valence-corrected chi connectivity index (χ4v) is 3.34. The second-order valence-electron chi connectivity index (χ2n) is 6.41. The zero-order chi connectivity index (χ0) is 19.0. The molecular weight excluding hydrogens is 362 g/mol. The molecule has 0 N–H and O–H groups in total. The number of amides is 1. The van der Waals surface area contributed by atoms with E-state index in [0.717, 1.165) is 27.9 Å². The Bertz CT molecular complexity index is 1060. The molecule has 2 aromatic carbocycles. The smallest absolute Gasteiger partial charge is 0.247 e. The standard InChI is InChI=1S/C21H18ClN3O2/c1-3-20-23-24-21(27-20)16-6-7-17-12-25(13(2)26)19-9-8-18(22)11-15(19)5-4-14(17)10-16/h4-11H,3,12H2,1-2H3/b5-4-. The lowest BCUT2D eigenvalue weighted by atomic mass is 9.99. The van der Waals surface area contributed by atoms with Crippen LogP contribution in [0, 0.1) is 0 Å². The summed E-state index contributed by atoms with van der Waals surface area (Å²) in [7, 11) is 0. The van der Waals surface area contributed by atoms with Crippen LogP contribution in [-0.2, 0) is 17.8 Å². The van der Waals surface area contributed by atoms with E-state index in [1.165, 1.54) is 0 Å². The number of aryl methyl sites for hydroxylation is 1. The average molecular weight is 380 g/mol. The van der Waals surface area contributed by atoms with Crippen LogP contribution in [0.25, 0.3) is 23.6 Å². The largest absolute Gasteiger partial charge is 0.421 e. The Hall–Kier alpha value is -2.92. The molecule has 1 aromatic heterocycles. The van der Waals surface area contributed by atoms with Crippen LogP contribution in [-0.4, -0.2) is 16.1 Å². The number of hydrogen-bond acceptors (Lipinski definition) is 4. The summed E-state index contributed by atoms with van der Waals surface area (Å²) in [5.41, 5.74) is 4.65. The summed E-state index contributed by atoms with van der Waals surface area (Å²) < 4.78 is 5.67. The van der Waals surface area contributed by atoms with Gasteiger partial charge in [-0.15, -0.1) is 10.2 Å². The van der Waals surface area contributed by atoms with Crippen LogP contribution in [0.2, 0.25) is 5.02 Å². The highest BCUT2D eigenvalue weighted by Crippen LogP contribution is 2.32. The molecule has 0 atom stereocenters. The molecule has 0 saturated heterocycles. The zero-order valence-corrected chi connectivity index (χ0v) is 15.8. The van der Waals surface area contributed by atoms with Crippen LogP contribution in [0.1, 0.15) is 36.4 Å². The molecule has 0 aliphatic carbocycles. The van der Waals surface area contributed by atoms with Gasteiger partial charge in [-0.1, -0.05) is 36.7 Å². The fraction of sp³-hybridized carbons (Fsp3) is 0.190. The molecule has 1 aliphatic heterocycles. The molecule has 27 heavy (non-hydrogen) atoms. The van der Waals surface area contributed by atoms with Crippen molar-refractivity contribution in [3.8, 4) is 11.5 Å². The summed E-state index contributed by atoms with van der Waals surface area (Å²) >= 11 is 6.15. The van der Waals surface area contributed by atoms with Gasteiger partial charge in [0.05, 0.1) is 12.2 Å². The van der Waals surface area contributed by atoms with Crippen molar-refractivity contribution in [1.82, 2.24) is 10.2 Å². The van der Waals surface area contributed by atoms with E-state index in [9.17, 15) is 4.79 Å². The minimum absolute atomic E-state index is 0.0200. The third-order valence-electron chi connectivity index (χ3n) is 4.59. The third-order valence-corrected chi connectivity index (χ3v) is 4.83. The predicted octanol–water partition coefficient (Wildman–Crippen LogP) is 4.99. The van der Waals surface area contributed by atoms with Gasteiger partial charge in [0.2, 0.25) is 17.7 Å². The maximum absolute atomic E-state index is 12.3. The van der Waals surface area contributed by atoms with Crippen LogP contribution in [0.5, 0.6) is 0 Å². The van der Waals surface area contributed by atoms with E-state index in [1.807, 2.05) is 49.4 Å². The molecule has 0 spiro atoms. The first-order chi connectivity index (χ1) is 13.0. The van der Waals surface area contributed by atoms with Crippen molar-refractivity contribution in [2.45, 2.75) is 26.8 Å². The quantitative estimate of drug-likeness (QED) is 0.629. The van der Waals surface area contributed by atoms with E-state index in [4.69, 9.17) is 16.0 Å². The fourth-order valence-electron chi connectivity index (χ4n) is 3.16. The Morgan fingerprint density at radius 2 is 1.96 bits per heavy atom. The van der Waals surface area contributed by atoms with Crippen LogP contribution in [0.3, 0.4) is 0 Å². The van der Waals surface area contributed by atoms with Gasteiger partial charge < -0.3 is 9.32 Å². The maximum atomic E-state index is 12.3. The summed E-state index contributed by atoms with van der Waals surface area (Å²) in [6.07, 6.45) is 4.70. The third kappa shape index (κ3) is 3.38. The molecule has 0 saturated carbocycles. The minimum atomic E-state index is -0.0200. The molecule has 0 unspecified atom stereocenters. The molecular formula is C21H18ClN3O2. The van der Waals surface area contributed by atoms with Gasteiger partial charge in [0.25, 0.3) is 0 Å². The highest BCUT2D eigenvalue weighted by atomic mass is 35.5. The summed E-state index contributed by atoms with van der Waals surface area (Å²) in [5.74, 6) is 1.09. The van der Waals surface area contributed by atoms with Crippen molar-refractivity contribution >= 4 is 35.3 Å². The average Bonchev–Trinajstić information content (AvgIpc) is 3.13. The Kier molecular flexibility index (Phi) is 4.54. The Morgan fingerprint density at radius 3 is 2.70 bits per heavy atom. The lowest BCUT2D eigenvalue weighted by Gasteiger charge is -2.26. The van der Waals surface area contributed by atoms with Crippen LogP contribution in [0.15, 0.2) is 40.8 Å². The van der Waals surface area contributed by atoms with Crippen LogP contribution in [0.4, 0.5) is 5.69 Å². The van der Waals surface area contributed by atoms with Gasteiger partial charge in [-0.2, -0.15) is 0 Å². The van der Waals surface area contributed by atoms with E-state index >= 15 is 0 Å². The Balaban J connectivity index is 1.81. The molecule has 1 amide bonds. The second-order valence-corrected chi connectivity index (χ2v) is 6.85. The first-order valence-corrected chi connectivity index (χ1v) is 9.14. The topological polar surface area (TPSA) is 59.2 Å². The number of aromatic nitrogens is 2. The lowest BCUT2D eigenvalue weighted by molar-refractivity contribution is -0.116. The van der Waals surface area contributed by atoms with E-state index in [-0.39, 0.29) is 5.91 Å². The normalized spacial score (nSPS) is 14.1. The van der Waals surface area contributed by atoms with E-state index in [0.29, 0.717) is 29.8 Å². The minimum Gasteiger partial charge on any atom is -0.421 e. The molecule has 2 heterocycles. The summed E-state index contributed by atoms with van der Waals surface area (Å²) in [6, 6.07) is 11.5. The van der Waals surface area contributed by atoms with Crippen molar-refractivity contribution < 1.29 is 9.21 Å². The molecule has 0 radical (unpaired) electrons. The number of carbonyl (C=O) groups excluding carboxylic acids is 1. The van der Waals surface area contributed by atoms with E-state index in [2.05, 4.69) is 10.2 Å². The number of halogens is 1. The number of carbonyl (C=O) groups is 1. The van der Waals surface area contributed by atoms with Gasteiger partial charge in [0.1, 0.15) is 0 Å². The second kappa shape index (κ2) is 7.00. The highest BCUT2D eigenvalue weighted by Gasteiger charge is 2.19. The number of anilines is 1. The summed E-state index contributed by atoms with van der Waals surface area (Å²) in [5, 5.41) is 8.78. The number of benzene rings is 2. The summed E-state index contributed by atoms with van der Waals surface area (Å²) in [4.78, 5) is 14.0. The van der Waals surface area contributed by atoms with Crippen LogP contribution >= 0.6 is 11.6 Å². The first kappa shape index (κ1) is 17.5. The van der Waals surface area contributed by atoms with Crippen LogP contribution < -0.4 is 4.90 Å². The number of hydrogen-bond donors (Lipinski definition) is 0. The Morgan fingerprint density at radius 1 is 1.15 bits per heavy atom. The molecule has 3 aromatic rings. The van der Waals surface area contributed by atoms with Crippen molar-refractivity contribution in [3.63, 3.8) is 0 Å². The molecule has 136 valence electrons. The Labute approximate surface area is 162 Å². The molecule has 1 aliphatic rings. The maximum Gasteiger partial charge on any atom is 0.247 e. The van der Waals surface area contributed by atoms with Crippen molar-refractivity contribution in [2.24, 2.45) is 0 Å². The van der Waals surface area contributed by atoms with Gasteiger partial charge >= 0.3 is 0 Å². The highest BCUT2D eigenvalue weighted by molar-refractivity contribution is 6.30. The number of nitrogens with zero attached hydrogens (tertiary/aromatic N) is 3. The van der Waals surface area contributed by atoms with Crippen molar-refractivity contribution in [1.29, 1.82) is 0 Å². The molecule has 0 fully saturated rings. The SMILES string of the molecule is CCc1nnc(-c2ccc3c(c2)/C=C\c2cc(Cl)ccc2N(C(C)=O)C3)o1. The molecule has 5 nitrogen and oxygen atoms in total. The van der Waals surface area contributed by atoms with Gasteiger partial charge in [0.15, 0.2) is 0 Å². The lowest BCUT2D eigenvalue weighted by Crippen LogP contribution is -2.29. The van der Waals surface area contributed by atoms with Crippen molar-refractivity contribution in [3.05, 3.63) is 64.0 Å². The number of fused-ring (bicyclic) bond motifs is 2. The van der Waals surface area contributed by atoms with Crippen molar-refractivity contribution in [2.75, 3.05) is 4.90 Å². The van der Waals surface area contributed by atoms with Gasteiger partial charge in [-0.05, 0) is 47.0 Å². The molecule has 0 bridgehead atoms. The zero-order valence-electron chi connectivity index (χ0n) is 15.1. The monoisotopic (exact) mass is 379 g/mol. The summed E-state index contributed by atoms with van der Waals surface area (Å²) in [6.45, 7) is 4.02. The molecule has 4 rings (SSSR count). The van der Waals surface area contributed by atoms with E-state index in [1.54, 1.807) is 17.9 Å². The first-order valence-electron chi connectivity index (χ1n) is 8.76. The predicted molar refractivity (Wildman–Crippen MR) is 106 cm³/mol. The van der Waals surface area contributed by atoms with E-state index < -0.39 is 0 Å².